The molecule has 10 nitrogen and oxygen atoms in total. The van der Waals surface area contributed by atoms with Crippen LogP contribution in [0.4, 0.5) is 0 Å². The van der Waals surface area contributed by atoms with Gasteiger partial charge in [-0.25, -0.2) is 13.8 Å². The Morgan fingerprint density at radius 2 is 1.71 bits per heavy atom. The summed E-state index contributed by atoms with van der Waals surface area (Å²) in [5, 5.41) is 3.93. The summed E-state index contributed by atoms with van der Waals surface area (Å²) in [5.41, 5.74) is 2.92. The number of benzene rings is 2. The fourth-order valence-electron chi connectivity index (χ4n) is 3.09. The average molecular weight is 488 g/mol. The molecule has 0 spiro atoms. The highest BCUT2D eigenvalue weighted by atomic mass is 32.2. The van der Waals surface area contributed by atoms with Crippen LogP contribution in [0.2, 0.25) is 0 Å². The number of nitrogens with zero attached hydrogens (tertiary/aromatic N) is 2. The van der Waals surface area contributed by atoms with Gasteiger partial charge in [0.1, 0.15) is 5.76 Å². The van der Waals surface area contributed by atoms with Gasteiger partial charge in [-0.15, -0.1) is 0 Å². The molecular weight excluding hydrogens is 462 g/mol. The van der Waals surface area contributed by atoms with Crippen molar-refractivity contribution in [3.05, 3.63) is 72.2 Å². The van der Waals surface area contributed by atoms with Crippen molar-refractivity contribution < 1.29 is 31.8 Å². The highest BCUT2D eigenvalue weighted by molar-refractivity contribution is 7.89. The summed E-state index contributed by atoms with van der Waals surface area (Å²) < 4.78 is 48.4. The van der Waals surface area contributed by atoms with Crippen LogP contribution in [0.15, 0.2) is 75.3 Å². The zero-order valence-corrected chi connectivity index (χ0v) is 19.7. The van der Waals surface area contributed by atoms with E-state index >= 15 is 0 Å². The highest BCUT2D eigenvalue weighted by Crippen LogP contribution is 2.37. The van der Waals surface area contributed by atoms with Crippen molar-refractivity contribution in [2.75, 3.05) is 27.9 Å². The Hall–Kier alpha value is -3.83. The molecule has 2 aromatic carbocycles. The zero-order valence-electron chi connectivity index (χ0n) is 18.9. The Balaban J connectivity index is 1.75. The number of carbonyl (C=O) groups excluding carboxylic acids is 1. The summed E-state index contributed by atoms with van der Waals surface area (Å²) in [5.74, 6) is 1.04. The van der Waals surface area contributed by atoms with E-state index in [4.69, 9.17) is 18.6 Å². The predicted octanol–water partition coefficient (Wildman–Crippen LogP) is 2.65. The van der Waals surface area contributed by atoms with E-state index in [1.54, 1.807) is 42.5 Å². The molecule has 11 heteroatoms. The van der Waals surface area contributed by atoms with Crippen molar-refractivity contribution in [2.45, 2.75) is 11.4 Å². The molecule has 0 radical (unpaired) electrons. The summed E-state index contributed by atoms with van der Waals surface area (Å²) in [6.45, 7) is -0.585. The first kappa shape index (κ1) is 24.8. The Morgan fingerprint density at radius 1 is 1.03 bits per heavy atom. The number of sulfonamides is 1. The van der Waals surface area contributed by atoms with Crippen molar-refractivity contribution >= 4 is 22.1 Å². The number of amides is 1. The normalized spacial score (nSPS) is 11.5. The second-order valence-corrected chi connectivity index (χ2v) is 8.86. The van der Waals surface area contributed by atoms with E-state index in [0.717, 1.165) is 4.31 Å². The monoisotopic (exact) mass is 487 g/mol. The highest BCUT2D eigenvalue weighted by Gasteiger charge is 2.27. The molecule has 3 aromatic rings. The topological polar surface area (TPSA) is 120 Å². The van der Waals surface area contributed by atoms with E-state index in [1.165, 1.54) is 45.9 Å². The minimum Gasteiger partial charge on any atom is -0.493 e. The first-order valence-electron chi connectivity index (χ1n) is 10.1. The Morgan fingerprint density at radius 3 is 2.26 bits per heavy atom. The maximum Gasteiger partial charge on any atom is 0.255 e. The van der Waals surface area contributed by atoms with Crippen molar-refractivity contribution in [2.24, 2.45) is 5.10 Å². The average Bonchev–Trinajstić information content (AvgIpc) is 3.36. The van der Waals surface area contributed by atoms with Crippen molar-refractivity contribution in [1.82, 2.24) is 9.73 Å². The summed E-state index contributed by atoms with van der Waals surface area (Å²) in [4.78, 5) is 12.6. The van der Waals surface area contributed by atoms with Crippen LogP contribution in [-0.4, -0.2) is 52.7 Å². The maximum absolute atomic E-state index is 13.1. The molecular formula is C23H25N3O7S. The lowest BCUT2D eigenvalue weighted by molar-refractivity contribution is -0.121. The number of carbonyl (C=O) groups is 1. The SMILES string of the molecule is COc1cc(/C=N\NC(=O)CN(Cc2ccco2)S(=O)(=O)c2ccccc2)cc(OC)c1OC. The number of nitrogens with one attached hydrogen (secondary N) is 1. The first-order chi connectivity index (χ1) is 16.4. The summed E-state index contributed by atoms with van der Waals surface area (Å²) in [6.07, 6.45) is 2.81. The third-order valence-electron chi connectivity index (χ3n) is 4.70. The second-order valence-electron chi connectivity index (χ2n) is 6.92. The Bertz CT molecular complexity index is 1200. The number of hydrogen-bond acceptors (Lipinski definition) is 8. The van der Waals surface area contributed by atoms with Crippen molar-refractivity contribution in [3.8, 4) is 17.2 Å². The molecule has 0 saturated heterocycles. The number of methoxy groups -OCH3 is 3. The first-order valence-corrected chi connectivity index (χ1v) is 11.5. The molecule has 0 atom stereocenters. The minimum absolute atomic E-state index is 0.0651. The second kappa shape index (κ2) is 11.3. The number of hydrogen-bond donors (Lipinski definition) is 1. The van der Waals surface area contributed by atoms with Crippen LogP contribution in [0.1, 0.15) is 11.3 Å². The van der Waals surface area contributed by atoms with Crippen LogP contribution in [0.3, 0.4) is 0 Å². The van der Waals surface area contributed by atoms with Gasteiger partial charge in [-0.3, -0.25) is 4.79 Å². The fourth-order valence-corrected chi connectivity index (χ4v) is 4.48. The molecule has 0 saturated carbocycles. The lowest BCUT2D eigenvalue weighted by atomic mass is 10.2. The number of rotatable bonds is 11. The molecule has 0 bridgehead atoms. The molecule has 1 aromatic heterocycles. The molecule has 180 valence electrons. The molecule has 0 aliphatic rings. The quantitative estimate of drug-likeness (QED) is 0.326. The molecule has 34 heavy (non-hydrogen) atoms. The lowest BCUT2D eigenvalue weighted by Gasteiger charge is -2.20. The fraction of sp³-hybridized carbons (Fsp3) is 0.217. The molecule has 1 amide bonds. The number of hydrazone groups is 1. The third-order valence-corrected chi connectivity index (χ3v) is 6.51. The molecule has 1 heterocycles. The van der Waals surface area contributed by atoms with E-state index in [1.807, 2.05) is 0 Å². The van der Waals surface area contributed by atoms with Crippen molar-refractivity contribution in [3.63, 3.8) is 0 Å². The van der Waals surface area contributed by atoms with Crippen LogP contribution >= 0.6 is 0 Å². The Labute approximate surface area is 197 Å². The summed E-state index contributed by atoms with van der Waals surface area (Å²) >= 11 is 0. The summed E-state index contributed by atoms with van der Waals surface area (Å²) in [6, 6.07) is 14.4. The molecule has 1 N–H and O–H groups in total. The lowest BCUT2D eigenvalue weighted by Crippen LogP contribution is -2.38. The molecule has 3 rings (SSSR count). The van der Waals surface area contributed by atoms with Gasteiger partial charge in [0.05, 0.1) is 51.8 Å². The van der Waals surface area contributed by atoms with Crippen LogP contribution in [0, 0.1) is 0 Å². The molecule has 0 unspecified atom stereocenters. The van der Waals surface area contributed by atoms with Crippen molar-refractivity contribution in [1.29, 1.82) is 0 Å². The number of ether oxygens (including phenoxy) is 3. The number of furan rings is 1. The van der Waals surface area contributed by atoms with Crippen LogP contribution in [-0.2, 0) is 21.4 Å². The van der Waals surface area contributed by atoms with E-state index in [-0.39, 0.29) is 11.4 Å². The van der Waals surface area contributed by atoms with Gasteiger partial charge in [-0.1, -0.05) is 18.2 Å². The maximum atomic E-state index is 13.1. The Kier molecular flexibility index (Phi) is 8.28. The molecule has 0 fully saturated rings. The standard InChI is InChI=1S/C23H25N3O7S/c1-30-20-12-17(13-21(31-2)23(20)32-3)14-24-25-22(27)16-26(15-18-8-7-11-33-18)34(28,29)19-9-5-4-6-10-19/h4-14H,15-16H2,1-3H3,(H,25,27)/b24-14-. The van der Waals surface area contributed by atoms with Gasteiger partial charge in [0.2, 0.25) is 15.8 Å². The summed E-state index contributed by atoms with van der Waals surface area (Å²) in [7, 11) is 0.505. The van der Waals surface area contributed by atoms with Gasteiger partial charge in [0.25, 0.3) is 5.91 Å². The largest absolute Gasteiger partial charge is 0.493 e. The minimum atomic E-state index is -3.96. The van der Waals surface area contributed by atoms with Crippen LogP contribution in [0.5, 0.6) is 17.2 Å². The van der Waals surface area contributed by atoms with Gasteiger partial charge in [-0.05, 0) is 36.4 Å². The van der Waals surface area contributed by atoms with Gasteiger partial charge in [0, 0.05) is 5.56 Å². The van der Waals surface area contributed by atoms with E-state index < -0.39 is 22.5 Å². The van der Waals surface area contributed by atoms with Crippen LogP contribution < -0.4 is 19.6 Å². The van der Waals surface area contributed by atoms with Gasteiger partial charge < -0.3 is 18.6 Å². The van der Waals surface area contributed by atoms with Crippen LogP contribution in [0.25, 0.3) is 0 Å². The zero-order chi connectivity index (χ0) is 24.6. The predicted molar refractivity (Wildman–Crippen MR) is 125 cm³/mol. The van der Waals surface area contributed by atoms with Gasteiger partial charge >= 0.3 is 0 Å². The van der Waals surface area contributed by atoms with Gasteiger partial charge in [-0.2, -0.15) is 9.41 Å². The third kappa shape index (κ3) is 5.94. The van der Waals surface area contributed by atoms with Gasteiger partial charge in [0.15, 0.2) is 11.5 Å². The van der Waals surface area contributed by atoms with E-state index in [2.05, 4.69) is 10.5 Å². The molecule has 0 aliphatic heterocycles. The van der Waals surface area contributed by atoms with E-state index in [0.29, 0.717) is 28.6 Å². The van der Waals surface area contributed by atoms with E-state index in [9.17, 15) is 13.2 Å². The smallest absolute Gasteiger partial charge is 0.255 e. The molecule has 0 aliphatic carbocycles.